The minimum Gasteiger partial charge on any atom is -0.355 e. The number of hydrogen-bond acceptors (Lipinski definition) is 4. The summed E-state index contributed by atoms with van der Waals surface area (Å²) in [4.78, 5) is 12.7. The van der Waals surface area contributed by atoms with E-state index in [1.807, 2.05) is 79.7 Å². The molecule has 0 amide bonds. The molecule has 2 aromatic heterocycles. The lowest BCUT2D eigenvalue weighted by Crippen LogP contribution is -2.24. The summed E-state index contributed by atoms with van der Waals surface area (Å²) < 4.78 is 6.84. The molecule has 4 rings (SSSR count). The third-order valence-corrected chi connectivity index (χ3v) is 4.19. The third-order valence-electron chi connectivity index (χ3n) is 4.19. The van der Waals surface area contributed by atoms with E-state index in [0.29, 0.717) is 28.9 Å². The predicted molar refractivity (Wildman–Crippen MR) is 102 cm³/mol. The normalized spacial score (nSPS) is 11.4. The highest BCUT2D eigenvalue weighted by Crippen LogP contribution is 2.20. The number of hydrogen-bond donors (Lipinski definition) is 0. The fourth-order valence-electron chi connectivity index (χ4n) is 2.91. The van der Waals surface area contributed by atoms with E-state index >= 15 is 0 Å². The molecule has 4 aromatic rings. The summed E-state index contributed by atoms with van der Waals surface area (Å²) >= 11 is 0. The summed E-state index contributed by atoms with van der Waals surface area (Å²) in [5.74, 6) is 0.540. The molecule has 0 unspecified atom stereocenters. The van der Waals surface area contributed by atoms with Crippen LogP contribution in [0.3, 0.4) is 0 Å². The van der Waals surface area contributed by atoms with Crippen LogP contribution in [0.1, 0.15) is 22.6 Å². The Morgan fingerprint density at radius 3 is 2.42 bits per heavy atom. The van der Waals surface area contributed by atoms with Gasteiger partial charge in [0, 0.05) is 0 Å². The molecular weight excluding hydrogens is 326 g/mol. The molecule has 0 aliphatic heterocycles. The van der Waals surface area contributed by atoms with Gasteiger partial charge in [-0.15, -0.1) is 0 Å². The SMILES string of the molecule is Cc1nn(Cc2ccccc2)c(=O)c2noc(/C=C/c3ccccc3)c12. The van der Waals surface area contributed by atoms with Gasteiger partial charge < -0.3 is 4.52 Å². The van der Waals surface area contributed by atoms with Crippen molar-refractivity contribution < 1.29 is 4.52 Å². The van der Waals surface area contributed by atoms with E-state index in [1.54, 1.807) is 0 Å². The Bertz CT molecular complexity index is 1130. The molecule has 26 heavy (non-hydrogen) atoms. The zero-order valence-corrected chi connectivity index (χ0v) is 14.3. The first-order chi connectivity index (χ1) is 12.7. The second kappa shape index (κ2) is 6.80. The summed E-state index contributed by atoms with van der Waals surface area (Å²) in [5, 5.41) is 9.11. The maximum Gasteiger partial charge on any atom is 0.297 e. The van der Waals surface area contributed by atoms with Gasteiger partial charge in [-0.2, -0.15) is 5.10 Å². The second-order valence-corrected chi connectivity index (χ2v) is 6.05. The minimum absolute atomic E-state index is 0.252. The quantitative estimate of drug-likeness (QED) is 0.564. The molecule has 2 heterocycles. The van der Waals surface area contributed by atoms with Crippen LogP contribution < -0.4 is 5.56 Å². The Balaban J connectivity index is 1.74. The van der Waals surface area contributed by atoms with E-state index in [0.717, 1.165) is 11.1 Å². The second-order valence-electron chi connectivity index (χ2n) is 6.05. The smallest absolute Gasteiger partial charge is 0.297 e. The van der Waals surface area contributed by atoms with Gasteiger partial charge in [-0.1, -0.05) is 71.9 Å². The van der Waals surface area contributed by atoms with Gasteiger partial charge in [-0.25, -0.2) is 4.68 Å². The van der Waals surface area contributed by atoms with Crippen LogP contribution in [0, 0.1) is 6.92 Å². The van der Waals surface area contributed by atoms with Crippen molar-refractivity contribution in [1.29, 1.82) is 0 Å². The number of rotatable bonds is 4. The van der Waals surface area contributed by atoms with E-state index in [2.05, 4.69) is 10.3 Å². The Kier molecular flexibility index (Phi) is 4.19. The van der Waals surface area contributed by atoms with Crippen molar-refractivity contribution in [2.24, 2.45) is 0 Å². The Labute approximate surface area is 150 Å². The van der Waals surface area contributed by atoms with Crippen molar-refractivity contribution >= 4 is 23.1 Å². The molecular formula is C21H17N3O2. The van der Waals surface area contributed by atoms with Crippen molar-refractivity contribution in [1.82, 2.24) is 14.9 Å². The van der Waals surface area contributed by atoms with Gasteiger partial charge in [0.05, 0.1) is 17.6 Å². The van der Waals surface area contributed by atoms with Crippen LogP contribution in [0.25, 0.3) is 23.1 Å². The molecule has 0 bridgehead atoms. The topological polar surface area (TPSA) is 60.9 Å². The van der Waals surface area contributed by atoms with Crippen LogP contribution >= 0.6 is 0 Å². The highest BCUT2D eigenvalue weighted by atomic mass is 16.5. The number of aromatic nitrogens is 3. The number of aryl methyl sites for hydroxylation is 1. The highest BCUT2D eigenvalue weighted by Gasteiger charge is 2.16. The molecule has 0 aliphatic rings. The van der Waals surface area contributed by atoms with E-state index in [9.17, 15) is 4.79 Å². The summed E-state index contributed by atoms with van der Waals surface area (Å²) in [7, 11) is 0. The first-order valence-corrected chi connectivity index (χ1v) is 8.36. The minimum atomic E-state index is -0.252. The van der Waals surface area contributed by atoms with Crippen molar-refractivity contribution in [2.45, 2.75) is 13.5 Å². The van der Waals surface area contributed by atoms with Crippen molar-refractivity contribution in [3.8, 4) is 0 Å². The van der Waals surface area contributed by atoms with E-state index in [1.165, 1.54) is 4.68 Å². The summed E-state index contributed by atoms with van der Waals surface area (Å²) in [6.07, 6.45) is 3.75. The molecule has 0 N–H and O–H groups in total. The van der Waals surface area contributed by atoms with Crippen LogP contribution in [0.5, 0.6) is 0 Å². The van der Waals surface area contributed by atoms with Crippen LogP contribution in [0.15, 0.2) is 70.0 Å². The van der Waals surface area contributed by atoms with Crippen molar-refractivity contribution in [3.63, 3.8) is 0 Å². The Morgan fingerprint density at radius 1 is 1.00 bits per heavy atom. The maximum absolute atomic E-state index is 12.7. The van der Waals surface area contributed by atoms with Gasteiger partial charge in [0.2, 0.25) is 0 Å². The highest BCUT2D eigenvalue weighted by molar-refractivity contribution is 5.89. The van der Waals surface area contributed by atoms with Gasteiger partial charge >= 0.3 is 0 Å². The third kappa shape index (κ3) is 3.07. The van der Waals surface area contributed by atoms with Crippen LogP contribution in [-0.4, -0.2) is 14.9 Å². The fraction of sp³-hybridized carbons (Fsp3) is 0.0952. The van der Waals surface area contributed by atoms with Crippen molar-refractivity contribution in [3.05, 3.63) is 93.6 Å². The number of fused-ring (bicyclic) bond motifs is 1. The molecule has 0 spiro atoms. The average Bonchev–Trinajstić information content (AvgIpc) is 3.11. The lowest BCUT2D eigenvalue weighted by Gasteiger charge is -2.06. The summed E-state index contributed by atoms with van der Waals surface area (Å²) in [6.45, 7) is 2.26. The Morgan fingerprint density at radius 2 is 1.69 bits per heavy atom. The zero-order chi connectivity index (χ0) is 17.9. The van der Waals surface area contributed by atoms with Crippen LogP contribution in [-0.2, 0) is 6.54 Å². The lowest BCUT2D eigenvalue weighted by molar-refractivity contribution is 0.420. The standard InChI is InChI=1S/C21H17N3O2/c1-15-19-18(13-12-16-8-4-2-5-9-16)26-23-20(19)21(25)24(22-15)14-17-10-6-3-7-11-17/h2-13H,14H2,1H3/b13-12+. The van der Waals surface area contributed by atoms with Crippen molar-refractivity contribution in [2.75, 3.05) is 0 Å². The van der Waals surface area contributed by atoms with Gasteiger partial charge in [-0.3, -0.25) is 4.79 Å². The molecule has 5 heteroatoms. The first-order valence-electron chi connectivity index (χ1n) is 8.36. The molecule has 5 nitrogen and oxygen atoms in total. The molecule has 0 saturated heterocycles. The van der Waals surface area contributed by atoms with Gasteiger partial charge in [-0.05, 0) is 24.1 Å². The van der Waals surface area contributed by atoms with Gasteiger partial charge in [0.25, 0.3) is 5.56 Å². The largest absolute Gasteiger partial charge is 0.355 e. The molecule has 128 valence electrons. The average molecular weight is 343 g/mol. The first kappa shape index (κ1) is 16.0. The van der Waals surface area contributed by atoms with Gasteiger partial charge in [0.1, 0.15) is 0 Å². The van der Waals surface area contributed by atoms with E-state index < -0.39 is 0 Å². The summed E-state index contributed by atoms with van der Waals surface area (Å²) in [6, 6.07) is 19.6. The van der Waals surface area contributed by atoms with Crippen LogP contribution in [0.2, 0.25) is 0 Å². The zero-order valence-electron chi connectivity index (χ0n) is 14.3. The molecule has 0 atom stereocenters. The number of benzene rings is 2. The van der Waals surface area contributed by atoms with Crippen LogP contribution in [0.4, 0.5) is 0 Å². The molecule has 2 aromatic carbocycles. The number of nitrogens with zero attached hydrogens (tertiary/aromatic N) is 3. The Hall–Kier alpha value is -3.47. The van der Waals surface area contributed by atoms with Gasteiger partial charge in [0.15, 0.2) is 11.3 Å². The van der Waals surface area contributed by atoms with E-state index in [4.69, 9.17) is 4.52 Å². The fourth-order valence-corrected chi connectivity index (χ4v) is 2.91. The van der Waals surface area contributed by atoms with E-state index in [-0.39, 0.29) is 5.56 Å². The molecule has 0 radical (unpaired) electrons. The maximum atomic E-state index is 12.7. The molecule has 0 saturated carbocycles. The molecule has 0 fully saturated rings. The predicted octanol–water partition coefficient (Wildman–Crippen LogP) is 3.91. The lowest BCUT2D eigenvalue weighted by atomic mass is 10.1. The molecule has 0 aliphatic carbocycles. The monoisotopic (exact) mass is 343 g/mol. The summed E-state index contributed by atoms with van der Waals surface area (Å²) in [5.41, 5.74) is 2.82.